The van der Waals surface area contributed by atoms with E-state index in [1.165, 1.54) is 37.4 Å². The van der Waals surface area contributed by atoms with Crippen molar-refractivity contribution >= 4 is 10.9 Å². The van der Waals surface area contributed by atoms with Crippen LogP contribution in [0.5, 0.6) is 5.75 Å². The number of pyridine rings is 1. The first-order chi connectivity index (χ1) is 13.9. The smallest absolute Gasteiger partial charge is 0.255 e. The largest absolute Gasteiger partial charge is 0.497 e. The zero-order valence-electron chi connectivity index (χ0n) is 15.0. The molecule has 0 amide bonds. The number of benzene rings is 3. The summed E-state index contributed by atoms with van der Waals surface area (Å²) in [5.74, 6) is -3.21. The average molecular weight is 399 g/mol. The lowest BCUT2D eigenvalue weighted by atomic mass is 9.99. The summed E-state index contributed by atoms with van der Waals surface area (Å²) >= 11 is 0. The molecule has 0 bridgehead atoms. The van der Waals surface area contributed by atoms with Gasteiger partial charge in [-0.15, -0.1) is 0 Å². The molecule has 0 radical (unpaired) electrons. The van der Waals surface area contributed by atoms with Crippen molar-refractivity contribution in [3.05, 3.63) is 94.3 Å². The van der Waals surface area contributed by atoms with Gasteiger partial charge < -0.3 is 4.74 Å². The van der Waals surface area contributed by atoms with Gasteiger partial charge in [0.1, 0.15) is 34.7 Å². The minimum Gasteiger partial charge on any atom is -0.497 e. The van der Waals surface area contributed by atoms with Crippen molar-refractivity contribution in [3.63, 3.8) is 0 Å². The van der Waals surface area contributed by atoms with Gasteiger partial charge in [-0.05, 0) is 42.0 Å². The summed E-state index contributed by atoms with van der Waals surface area (Å²) in [5, 5.41) is 0.332. The van der Waals surface area contributed by atoms with Gasteiger partial charge in [-0.25, -0.2) is 17.6 Å². The van der Waals surface area contributed by atoms with Crippen LogP contribution in [0.15, 0.2) is 65.5 Å². The number of fused-ring (bicyclic) bond motifs is 1. The molecular weight excluding hydrogens is 386 g/mol. The van der Waals surface area contributed by atoms with Gasteiger partial charge >= 0.3 is 0 Å². The van der Waals surface area contributed by atoms with E-state index in [0.29, 0.717) is 5.39 Å². The molecule has 0 aliphatic carbocycles. The van der Waals surface area contributed by atoms with Crippen LogP contribution in [0.25, 0.3) is 27.7 Å². The second-order valence-corrected chi connectivity index (χ2v) is 6.31. The molecule has 0 unspecified atom stereocenters. The van der Waals surface area contributed by atoms with E-state index >= 15 is 0 Å². The molecule has 7 heteroatoms. The highest BCUT2D eigenvalue weighted by molar-refractivity contribution is 5.97. The maximum absolute atomic E-state index is 14.5. The molecule has 0 saturated carbocycles. The third kappa shape index (κ3) is 3.14. The van der Waals surface area contributed by atoms with Gasteiger partial charge in [0, 0.05) is 29.1 Å². The summed E-state index contributed by atoms with van der Waals surface area (Å²) in [6, 6.07) is 11.8. The Bertz CT molecular complexity index is 1290. The van der Waals surface area contributed by atoms with Crippen LogP contribution in [-0.4, -0.2) is 11.7 Å². The Balaban J connectivity index is 2.16. The van der Waals surface area contributed by atoms with Crippen molar-refractivity contribution in [1.29, 1.82) is 0 Å². The molecule has 4 rings (SSSR count). The highest BCUT2D eigenvalue weighted by Crippen LogP contribution is 2.35. The third-order valence-corrected chi connectivity index (χ3v) is 4.60. The lowest BCUT2D eigenvalue weighted by Gasteiger charge is -2.16. The fourth-order valence-electron chi connectivity index (χ4n) is 3.30. The first-order valence-corrected chi connectivity index (χ1v) is 8.54. The lowest BCUT2D eigenvalue weighted by Crippen LogP contribution is -2.20. The Morgan fingerprint density at radius 3 is 2.17 bits per heavy atom. The van der Waals surface area contributed by atoms with E-state index in [4.69, 9.17) is 4.74 Å². The monoisotopic (exact) mass is 399 g/mol. The van der Waals surface area contributed by atoms with Gasteiger partial charge in [0.25, 0.3) is 5.56 Å². The van der Waals surface area contributed by atoms with Crippen molar-refractivity contribution in [2.75, 3.05) is 7.11 Å². The summed E-state index contributed by atoms with van der Waals surface area (Å²) in [7, 11) is 1.36. The van der Waals surface area contributed by atoms with E-state index in [-0.39, 0.29) is 22.4 Å². The number of para-hydroxylation sites is 1. The number of hydrogen-bond acceptors (Lipinski definition) is 2. The summed E-state index contributed by atoms with van der Waals surface area (Å²) < 4.78 is 62.8. The fourth-order valence-corrected chi connectivity index (χ4v) is 3.30. The molecule has 4 aromatic rings. The van der Waals surface area contributed by atoms with Crippen molar-refractivity contribution in [2.24, 2.45) is 0 Å². The number of rotatable bonds is 3. The SMILES string of the molecule is COc1cc(-c2ccc(F)cc2F)c2ccc(=O)n(-c3c(F)cccc3F)c2c1. The van der Waals surface area contributed by atoms with Crippen LogP contribution < -0.4 is 10.3 Å². The van der Waals surface area contributed by atoms with Gasteiger partial charge in [-0.3, -0.25) is 9.36 Å². The summed E-state index contributed by atoms with van der Waals surface area (Å²) in [4.78, 5) is 12.6. The number of nitrogens with zero attached hydrogens (tertiary/aromatic N) is 1. The van der Waals surface area contributed by atoms with Crippen LogP contribution in [0.4, 0.5) is 17.6 Å². The molecule has 0 atom stereocenters. The number of ether oxygens (including phenoxy) is 1. The summed E-state index contributed by atoms with van der Waals surface area (Å²) in [6.45, 7) is 0. The Morgan fingerprint density at radius 1 is 0.793 bits per heavy atom. The molecule has 3 aromatic carbocycles. The minimum atomic E-state index is -0.933. The van der Waals surface area contributed by atoms with Crippen LogP contribution in [0.1, 0.15) is 0 Å². The number of aromatic nitrogens is 1. The third-order valence-electron chi connectivity index (χ3n) is 4.60. The molecular formula is C22H13F4NO2. The molecule has 0 saturated heterocycles. The first-order valence-electron chi connectivity index (χ1n) is 8.54. The maximum atomic E-state index is 14.5. The second kappa shape index (κ2) is 7.09. The second-order valence-electron chi connectivity index (χ2n) is 6.31. The van der Waals surface area contributed by atoms with Crippen LogP contribution in [0.2, 0.25) is 0 Å². The van der Waals surface area contributed by atoms with Gasteiger partial charge in [-0.1, -0.05) is 6.07 Å². The summed E-state index contributed by atoms with van der Waals surface area (Å²) in [5.41, 5.74) is -0.793. The topological polar surface area (TPSA) is 31.2 Å². The van der Waals surface area contributed by atoms with Crippen molar-refractivity contribution in [2.45, 2.75) is 0 Å². The molecule has 0 fully saturated rings. The Morgan fingerprint density at radius 2 is 1.52 bits per heavy atom. The zero-order chi connectivity index (χ0) is 20.7. The van der Waals surface area contributed by atoms with E-state index < -0.39 is 34.5 Å². The maximum Gasteiger partial charge on any atom is 0.255 e. The van der Waals surface area contributed by atoms with E-state index in [1.54, 1.807) is 0 Å². The van der Waals surface area contributed by atoms with Crippen LogP contribution in [-0.2, 0) is 0 Å². The molecule has 146 valence electrons. The summed E-state index contributed by atoms with van der Waals surface area (Å²) in [6.07, 6.45) is 0. The molecule has 1 aromatic heterocycles. The fraction of sp³-hybridized carbons (Fsp3) is 0.0455. The molecule has 1 heterocycles. The van der Waals surface area contributed by atoms with Crippen LogP contribution >= 0.6 is 0 Å². The Hall–Kier alpha value is -3.61. The van der Waals surface area contributed by atoms with Crippen molar-refractivity contribution < 1.29 is 22.3 Å². The minimum absolute atomic E-state index is 0.0505. The van der Waals surface area contributed by atoms with Gasteiger partial charge in [0.15, 0.2) is 0 Å². The average Bonchev–Trinajstić information content (AvgIpc) is 2.68. The predicted molar refractivity (Wildman–Crippen MR) is 101 cm³/mol. The molecule has 29 heavy (non-hydrogen) atoms. The lowest BCUT2D eigenvalue weighted by molar-refractivity contribution is 0.415. The van der Waals surface area contributed by atoms with Gasteiger partial charge in [-0.2, -0.15) is 0 Å². The first kappa shape index (κ1) is 18.7. The van der Waals surface area contributed by atoms with E-state index in [1.807, 2.05) is 0 Å². The van der Waals surface area contributed by atoms with Gasteiger partial charge in [0.05, 0.1) is 12.6 Å². The van der Waals surface area contributed by atoms with Crippen LogP contribution in [0, 0.1) is 23.3 Å². The Kier molecular flexibility index (Phi) is 4.58. The molecule has 0 spiro atoms. The molecule has 0 N–H and O–H groups in total. The predicted octanol–water partition coefficient (Wildman–Crippen LogP) is 5.22. The number of methoxy groups -OCH3 is 1. The molecule has 0 aliphatic rings. The zero-order valence-corrected chi connectivity index (χ0v) is 15.0. The van der Waals surface area contributed by atoms with E-state index in [9.17, 15) is 22.4 Å². The molecule has 0 aliphatic heterocycles. The highest BCUT2D eigenvalue weighted by atomic mass is 19.1. The van der Waals surface area contributed by atoms with Crippen LogP contribution in [0.3, 0.4) is 0 Å². The Labute approximate surface area is 162 Å². The normalized spacial score (nSPS) is 11.1. The number of halogens is 4. The van der Waals surface area contributed by atoms with E-state index in [2.05, 4.69) is 0 Å². The van der Waals surface area contributed by atoms with Crippen molar-refractivity contribution in [3.8, 4) is 22.6 Å². The number of hydrogen-bond donors (Lipinski definition) is 0. The quantitative estimate of drug-likeness (QED) is 0.442. The van der Waals surface area contributed by atoms with Gasteiger partial charge in [0.2, 0.25) is 0 Å². The standard InChI is InChI=1S/C22H13F4NO2/c1-29-13-10-16(14-6-5-12(23)9-19(14)26)15-7-8-21(28)27(20(15)11-13)22-17(24)3-2-4-18(22)25/h2-11H,1H3. The van der Waals surface area contributed by atoms with Crippen molar-refractivity contribution in [1.82, 2.24) is 4.57 Å². The highest BCUT2D eigenvalue weighted by Gasteiger charge is 2.19. The molecule has 3 nitrogen and oxygen atoms in total. The van der Waals surface area contributed by atoms with E-state index in [0.717, 1.165) is 34.9 Å².